The number of halogens is 1. The van der Waals surface area contributed by atoms with Gasteiger partial charge in [0.25, 0.3) is 5.91 Å². The van der Waals surface area contributed by atoms with Crippen LogP contribution in [0.4, 0.5) is 5.69 Å². The van der Waals surface area contributed by atoms with Crippen LogP contribution in [-0.4, -0.2) is 25.3 Å². The van der Waals surface area contributed by atoms with Crippen molar-refractivity contribution in [2.75, 3.05) is 18.5 Å². The third kappa shape index (κ3) is 4.99. The monoisotopic (exact) mass is 382 g/mol. The number of fused-ring (bicyclic) bond motifs is 1. The molecule has 1 amide bonds. The van der Waals surface area contributed by atoms with Crippen LogP contribution in [0.15, 0.2) is 65.8 Å². The Balaban J connectivity index is 1.66. The molecule has 0 radical (unpaired) electrons. The van der Waals surface area contributed by atoms with E-state index in [2.05, 4.69) is 10.5 Å². The van der Waals surface area contributed by atoms with Gasteiger partial charge in [-0.1, -0.05) is 47.1 Å². The minimum atomic E-state index is -0.308. The van der Waals surface area contributed by atoms with Gasteiger partial charge in [0.05, 0.1) is 12.8 Å². The van der Waals surface area contributed by atoms with Crippen molar-refractivity contribution in [1.29, 1.82) is 0 Å². The predicted molar refractivity (Wildman–Crippen MR) is 109 cm³/mol. The molecule has 0 heterocycles. The van der Waals surface area contributed by atoms with Gasteiger partial charge in [-0.25, -0.2) is 0 Å². The number of anilines is 1. The molecule has 5 nitrogen and oxygen atoms in total. The summed E-state index contributed by atoms with van der Waals surface area (Å²) in [7, 11) is 0. The van der Waals surface area contributed by atoms with Gasteiger partial charge in [-0.3, -0.25) is 4.79 Å². The lowest BCUT2D eigenvalue weighted by Crippen LogP contribution is -2.16. The Morgan fingerprint density at radius 2 is 1.89 bits per heavy atom. The highest BCUT2D eigenvalue weighted by molar-refractivity contribution is 6.30. The van der Waals surface area contributed by atoms with E-state index < -0.39 is 0 Å². The largest absolute Gasteiger partial charge is 0.493 e. The summed E-state index contributed by atoms with van der Waals surface area (Å²) >= 11 is 5.82. The molecule has 3 aromatic rings. The van der Waals surface area contributed by atoms with Gasteiger partial charge in [0, 0.05) is 16.3 Å². The number of ether oxygens (including phenoxy) is 1. The summed E-state index contributed by atoms with van der Waals surface area (Å²) in [5, 5.41) is 9.33. The summed E-state index contributed by atoms with van der Waals surface area (Å²) in [6.45, 7) is 2.27. The topological polar surface area (TPSA) is 59.9 Å². The lowest BCUT2D eigenvalue weighted by Gasteiger charge is -2.10. The summed E-state index contributed by atoms with van der Waals surface area (Å²) in [4.78, 5) is 17.1. The first-order valence-electron chi connectivity index (χ1n) is 8.52. The summed E-state index contributed by atoms with van der Waals surface area (Å²) in [6.07, 6.45) is 1.57. The molecule has 1 N–H and O–H groups in total. The maximum absolute atomic E-state index is 11.9. The maximum atomic E-state index is 11.9. The number of benzene rings is 3. The zero-order chi connectivity index (χ0) is 19.1. The zero-order valence-corrected chi connectivity index (χ0v) is 15.6. The summed E-state index contributed by atoms with van der Waals surface area (Å²) in [6, 6.07) is 18.7. The number of carbonyl (C=O) groups excluding carboxylic acids is 1. The van der Waals surface area contributed by atoms with Crippen molar-refractivity contribution in [1.82, 2.24) is 0 Å². The van der Waals surface area contributed by atoms with E-state index in [9.17, 15) is 4.79 Å². The molecular weight excluding hydrogens is 364 g/mol. The molecule has 0 saturated carbocycles. The minimum absolute atomic E-state index is 0.201. The van der Waals surface area contributed by atoms with Crippen LogP contribution in [0.3, 0.4) is 0 Å². The fourth-order valence-corrected chi connectivity index (χ4v) is 2.73. The van der Waals surface area contributed by atoms with Crippen molar-refractivity contribution < 1.29 is 14.4 Å². The standard InChI is InChI=1S/C21H19ClN2O3/c1-2-26-20-12-7-15-5-3-4-6-18(15)19(20)13-23-27-14-21(25)24-17-10-8-16(22)9-11-17/h3-13H,2,14H2,1H3,(H,24,25)/b23-13+. The van der Waals surface area contributed by atoms with Crippen molar-refractivity contribution in [3.63, 3.8) is 0 Å². The van der Waals surface area contributed by atoms with Crippen LogP contribution in [0.2, 0.25) is 5.02 Å². The molecule has 0 fully saturated rings. The number of amides is 1. The molecule has 3 aromatic carbocycles. The van der Waals surface area contributed by atoms with Gasteiger partial charge in [-0.15, -0.1) is 0 Å². The number of hydrogen-bond donors (Lipinski definition) is 1. The third-order valence-electron chi connectivity index (χ3n) is 3.81. The van der Waals surface area contributed by atoms with E-state index in [1.807, 2.05) is 43.3 Å². The fourth-order valence-electron chi connectivity index (χ4n) is 2.61. The lowest BCUT2D eigenvalue weighted by molar-refractivity contribution is -0.120. The Labute approximate surface area is 162 Å². The Hall–Kier alpha value is -3.05. The number of hydrogen-bond acceptors (Lipinski definition) is 4. The van der Waals surface area contributed by atoms with E-state index in [-0.39, 0.29) is 12.5 Å². The van der Waals surface area contributed by atoms with E-state index in [0.717, 1.165) is 16.3 Å². The molecule has 0 aliphatic rings. The molecule has 6 heteroatoms. The SMILES string of the molecule is CCOc1ccc2ccccc2c1/C=N/OCC(=O)Nc1ccc(Cl)cc1. The van der Waals surface area contributed by atoms with E-state index >= 15 is 0 Å². The van der Waals surface area contributed by atoms with E-state index in [0.29, 0.717) is 23.1 Å². The molecule has 0 bridgehead atoms. The highest BCUT2D eigenvalue weighted by Gasteiger charge is 2.07. The highest BCUT2D eigenvalue weighted by Crippen LogP contribution is 2.26. The molecule has 0 spiro atoms. The molecule has 0 atom stereocenters. The number of oxime groups is 1. The molecular formula is C21H19ClN2O3. The van der Waals surface area contributed by atoms with Crippen LogP contribution in [0.25, 0.3) is 10.8 Å². The summed E-state index contributed by atoms with van der Waals surface area (Å²) in [5.41, 5.74) is 1.46. The Morgan fingerprint density at radius 1 is 1.11 bits per heavy atom. The van der Waals surface area contributed by atoms with Crippen molar-refractivity contribution in [2.24, 2.45) is 5.16 Å². The average molecular weight is 383 g/mol. The molecule has 0 unspecified atom stereocenters. The number of rotatable bonds is 7. The molecule has 0 aromatic heterocycles. The van der Waals surface area contributed by atoms with Crippen LogP contribution < -0.4 is 10.1 Å². The fraction of sp³-hybridized carbons (Fsp3) is 0.143. The van der Waals surface area contributed by atoms with Gasteiger partial charge < -0.3 is 14.9 Å². The van der Waals surface area contributed by atoms with Crippen LogP contribution in [0.5, 0.6) is 5.75 Å². The maximum Gasteiger partial charge on any atom is 0.265 e. The Morgan fingerprint density at radius 3 is 2.67 bits per heavy atom. The minimum Gasteiger partial charge on any atom is -0.493 e. The summed E-state index contributed by atoms with van der Waals surface area (Å²) < 4.78 is 5.68. The first-order chi connectivity index (χ1) is 13.2. The quantitative estimate of drug-likeness (QED) is 0.468. The second kappa shape index (κ2) is 9.05. The van der Waals surface area contributed by atoms with Gasteiger partial charge in [0.15, 0.2) is 6.61 Å². The van der Waals surface area contributed by atoms with Gasteiger partial charge in [-0.2, -0.15) is 0 Å². The van der Waals surface area contributed by atoms with E-state index in [4.69, 9.17) is 21.2 Å². The zero-order valence-electron chi connectivity index (χ0n) is 14.8. The second-order valence-corrected chi connectivity index (χ2v) is 6.13. The van der Waals surface area contributed by atoms with Crippen LogP contribution in [0, 0.1) is 0 Å². The van der Waals surface area contributed by atoms with Crippen LogP contribution in [-0.2, 0) is 9.63 Å². The Kier molecular flexibility index (Phi) is 6.28. The molecule has 138 valence electrons. The first-order valence-corrected chi connectivity index (χ1v) is 8.90. The molecule has 27 heavy (non-hydrogen) atoms. The van der Waals surface area contributed by atoms with Crippen LogP contribution in [0.1, 0.15) is 12.5 Å². The molecule has 0 saturated heterocycles. The molecule has 0 aliphatic carbocycles. The van der Waals surface area contributed by atoms with Crippen molar-refractivity contribution in [3.8, 4) is 5.75 Å². The van der Waals surface area contributed by atoms with Gasteiger partial charge in [-0.05, 0) is 48.0 Å². The van der Waals surface area contributed by atoms with Gasteiger partial charge >= 0.3 is 0 Å². The van der Waals surface area contributed by atoms with E-state index in [1.54, 1.807) is 30.5 Å². The van der Waals surface area contributed by atoms with Crippen molar-refractivity contribution in [2.45, 2.75) is 6.92 Å². The first kappa shape index (κ1) is 18.7. The number of nitrogens with one attached hydrogen (secondary N) is 1. The summed E-state index contributed by atoms with van der Waals surface area (Å²) in [5.74, 6) is 0.409. The molecule has 3 rings (SSSR count). The second-order valence-electron chi connectivity index (χ2n) is 5.69. The number of carbonyl (C=O) groups is 1. The number of nitrogens with zero attached hydrogens (tertiary/aromatic N) is 1. The van der Waals surface area contributed by atoms with Crippen molar-refractivity contribution in [3.05, 3.63) is 71.2 Å². The van der Waals surface area contributed by atoms with Crippen molar-refractivity contribution >= 4 is 40.2 Å². The van der Waals surface area contributed by atoms with Gasteiger partial charge in [0.2, 0.25) is 0 Å². The normalized spacial score (nSPS) is 10.9. The highest BCUT2D eigenvalue weighted by atomic mass is 35.5. The average Bonchev–Trinajstić information content (AvgIpc) is 2.68. The van der Waals surface area contributed by atoms with E-state index in [1.165, 1.54) is 0 Å². The van der Waals surface area contributed by atoms with Crippen LogP contribution >= 0.6 is 11.6 Å². The molecule has 0 aliphatic heterocycles. The Bertz CT molecular complexity index is 955. The van der Waals surface area contributed by atoms with Gasteiger partial charge in [0.1, 0.15) is 5.75 Å². The lowest BCUT2D eigenvalue weighted by atomic mass is 10.0. The smallest absolute Gasteiger partial charge is 0.265 e. The predicted octanol–water partition coefficient (Wildman–Crippen LogP) is 4.88. The third-order valence-corrected chi connectivity index (χ3v) is 4.06.